The molecule has 18 heavy (non-hydrogen) atoms. The Hall–Kier alpha value is -1.85. The van der Waals surface area contributed by atoms with Crippen molar-refractivity contribution in [1.29, 1.82) is 0 Å². The minimum atomic E-state index is -0.191. The van der Waals surface area contributed by atoms with Crippen molar-refractivity contribution in [3.63, 3.8) is 0 Å². The molecule has 1 aromatic rings. The van der Waals surface area contributed by atoms with Crippen molar-refractivity contribution in [3.8, 4) is 0 Å². The first-order valence-corrected chi connectivity index (χ1v) is 6.32. The molecule has 2 rings (SSSR count). The minimum absolute atomic E-state index is 0.0490. The SMILES string of the molecule is CCc1c(NC)ncnc1NC1CCCNC1=O. The summed E-state index contributed by atoms with van der Waals surface area (Å²) in [5, 5.41) is 9.12. The van der Waals surface area contributed by atoms with E-state index >= 15 is 0 Å². The smallest absolute Gasteiger partial charge is 0.242 e. The summed E-state index contributed by atoms with van der Waals surface area (Å²) in [6, 6.07) is -0.191. The van der Waals surface area contributed by atoms with Crippen LogP contribution in [0.4, 0.5) is 11.6 Å². The van der Waals surface area contributed by atoms with Gasteiger partial charge in [0.25, 0.3) is 0 Å². The quantitative estimate of drug-likeness (QED) is 0.734. The van der Waals surface area contributed by atoms with Gasteiger partial charge in [-0.1, -0.05) is 6.92 Å². The van der Waals surface area contributed by atoms with E-state index in [1.807, 2.05) is 14.0 Å². The highest BCUT2D eigenvalue weighted by molar-refractivity contribution is 5.85. The summed E-state index contributed by atoms with van der Waals surface area (Å²) in [5.41, 5.74) is 1.01. The summed E-state index contributed by atoms with van der Waals surface area (Å²) in [7, 11) is 1.83. The van der Waals surface area contributed by atoms with Crippen molar-refractivity contribution in [3.05, 3.63) is 11.9 Å². The molecule has 98 valence electrons. The fourth-order valence-electron chi connectivity index (χ4n) is 2.16. The van der Waals surface area contributed by atoms with Gasteiger partial charge in [0.15, 0.2) is 0 Å². The van der Waals surface area contributed by atoms with Gasteiger partial charge in [0.1, 0.15) is 24.0 Å². The molecule has 3 N–H and O–H groups in total. The lowest BCUT2D eigenvalue weighted by atomic mass is 10.1. The highest BCUT2D eigenvalue weighted by Gasteiger charge is 2.23. The lowest BCUT2D eigenvalue weighted by Gasteiger charge is -2.24. The molecule has 0 aliphatic carbocycles. The first-order chi connectivity index (χ1) is 8.76. The fourth-order valence-corrected chi connectivity index (χ4v) is 2.16. The minimum Gasteiger partial charge on any atom is -0.373 e. The Morgan fingerprint density at radius 2 is 2.22 bits per heavy atom. The van der Waals surface area contributed by atoms with Crippen LogP contribution in [0.3, 0.4) is 0 Å². The van der Waals surface area contributed by atoms with E-state index in [1.54, 1.807) is 0 Å². The zero-order valence-electron chi connectivity index (χ0n) is 10.8. The molecule has 1 saturated heterocycles. The number of carbonyl (C=O) groups excluding carboxylic acids is 1. The lowest BCUT2D eigenvalue weighted by molar-refractivity contribution is -0.123. The van der Waals surface area contributed by atoms with Crippen molar-refractivity contribution >= 4 is 17.5 Å². The van der Waals surface area contributed by atoms with Gasteiger partial charge in [-0.05, 0) is 19.3 Å². The molecule has 2 heterocycles. The first-order valence-electron chi connectivity index (χ1n) is 6.32. The molecule has 1 unspecified atom stereocenters. The number of piperidine rings is 1. The molecule has 0 saturated carbocycles. The number of nitrogens with one attached hydrogen (secondary N) is 3. The second kappa shape index (κ2) is 5.66. The summed E-state index contributed by atoms with van der Waals surface area (Å²) in [6.07, 6.45) is 4.16. The van der Waals surface area contributed by atoms with E-state index < -0.39 is 0 Å². The van der Waals surface area contributed by atoms with Gasteiger partial charge in [0.05, 0.1) is 0 Å². The predicted molar refractivity (Wildman–Crippen MR) is 70.6 cm³/mol. The molecule has 1 amide bonds. The average Bonchev–Trinajstić information content (AvgIpc) is 2.41. The first kappa shape index (κ1) is 12.6. The third kappa shape index (κ3) is 2.52. The van der Waals surface area contributed by atoms with Gasteiger partial charge >= 0.3 is 0 Å². The number of amides is 1. The average molecular weight is 249 g/mol. The van der Waals surface area contributed by atoms with Gasteiger partial charge in [-0.15, -0.1) is 0 Å². The summed E-state index contributed by atoms with van der Waals surface area (Å²) >= 11 is 0. The number of aromatic nitrogens is 2. The van der Waals surface area contributed by atoms with E-state index in [1.165, 1.54) is 6.33 Å². The zero-order valence-corrected chi connectivity index (χ0v) is 10.8. The lowest BCUT2D eigenvalue weighted by Crippen LogP contribution is -2.44. The number of nitrogens with zero attached hydrogens (tertiary/aromatic N) is 2. The van der Waals surface area contributed by atoms with Crippen molar-refractivity contribution in [2.45, 2.75) is 32.2 Å². The summed E-state index contributed by atoms with van der Waals surface area (Å²) in [4.78, 5) is 20.1. The maximum atomic E-state index is 11.7. The highest BCUT2D eigenvalue weighted by Crippen LogP contribution is 2.21. The molecule has 0 radical (unpaired) electrons. The predicted octanol–water partition coefficient (Wildman–Crippen LogP) is 0.771. The Morgan fingerprint density at radius 3 is 2.89 bits per heavy atom. The number of hydrogen-bond donors (Lipinski definition) is 3. The maximum absolute atomic E-state index is 11.7. The van der Waals surface area contributed by atoms with Crippen molar-refractivity contribution in [2.75, 3.05) is 24.2 Å². The molecule has 1 atom stereocenters. The van der Waals surface area contributed by atoms with Gasteiger partial charge in [0, 0.05) is 19.2 Å². The summed E-state index contributed by atoms with van der Waals surface area (Å²) in [5.74, 6) is 1.61. The van der Waals surface area contributed by atoms with Crippen molar-refractivity contribution < 1.29 is 4.79 Å². The molecular formula is C12H19N5O. The summed E-state index contributed by atoms with van der Waals surface area (Å²) in [6.45, 7) is 2.81. The number of hydrogen-bond acceptors (Lipinski definition) is 5. The Labute approximate surface area is 107 Å². The van der Waals surface area contributed by atoms with Crippen LogP contribution in [0.5, 0.6) is 0 Å². The standard InChI is InChI=1S/C12H19N5O/c1-3-8-10(13-2)15-7-16-11(8)17-9-5-4-6-14-12(9)18/h7,9H,3-6H2,1-2H3,(H,14,18)(H2,13,15,16,17). The number of carbonyl (C=O) groups is 1. The molecule has 1 aliphatic rings. The Bertz CT molecular complexity index is 434. The number of anilines is 2. The monoisotopic (exact) mass is 249 g/mol. The number of rotatable bonds is 4. The topological polar surface area (TPSA) is 78.9 Å². The van der Waals surface area contributed by atoms with E-state index in [0.29, 0.717) is 0 Å². The van der Waals surface area contributed by atoms with Crippen LogP contribution in [-0.4, -0.2) is 35.5 Å². The third-order valence-electron chi connectivity index (χ3n) is 3.13. The normalized spacial score (nSPS) is 19.2. The van der Waals surface area contributed by atoms with Crippen LogP contribution < -0.4 is 16.0 Å². The van der Waals surface area contributed by atoms with Gasteiger partial charge in [-0.25, -0.2) is 9.97 Å². The van der Waals surface area contributed by atoms with Crippen LogP contribution in [0, 0.1) is 0 Å². The maximum Gasteiger partial charge on any atom is 0.242 e. The van der Waals surface area contributed by atoms with Gasteiger partial charge in [0.2, 0.25) is 5.91 Å². The Morgan fingerprint density at radius 1 is 1.44 bits per heavy atom. The van der Waals surface area contributed by atoms with Crippen molar-refractivity contribution in [2.24, 2.45) is 0 Å². The molecule has 1 fully saturated rings. The molecule has 1 aliphatic heterocycles. The molecule has 6 nitrogen and oxygen atoms in total. The third-order valence-corrected chi connectivity index (χ3v) is 3.13. The van der Waals surface area contributed by atoms with E-state index in [4.69, 9.17) is 0 Å². The van der Waals surface area contributed by atoms with Crippen molar-refractivity contribution in [1.82, 2.24) is 15.3 Å². The van der Waals surface area contributed by atoms with Gasteiger partial charge in [-0.3, -0.25) is 4.79 Å². The Balaban J connectivity index is 2.20. The molecular weight excluding hydrogens is 230 g/mol. The van der Waals surface area contributed by atoms with E-state index in [2.05, 4.69) is 25.9 Å². The molecule has 0 spiro atoms. The summed E-state index contributed by atoms with van der Waals surface area (Å²) < 4.78 is 0. The van der Waals surface area contributed by atoms with E-state index in [-0.39, 0.29) is 11.9 Å². The molecule has 0 aromatic carbocycles. The zero-order chi connectivity index (χ0) is 13.0. The van der Waals surface area contributed by atoms with Crippen LogP contribution in [0.1, 0.15) is 25.3 Å². The van der Waals surface area contributed by atoms with E-state index in [0.717, 1.165) is 43.0 Å². The molecule has 0 bridgehead atoms. The fraction of sp³-hybridized carbons (Fsp3) is 0.583. The molecule has 1 aromatic heterocycles. The van der Waals surface area contributed by atoms with Crippen LogP contribution in [0.25, 0.3) is 0 Å². The van der Waals surface area contributed by atoms with Crippen LogP contribution in [-0.2, 0) is 11.2 Å². The van der Waals surface area contributed by atoms with Gasteiger partial charge < -0.3 is 16.0 Å². The second-order valence-corrected chi connectivity index (χ2v) is 4.28. The van der Waals surface area contributed by atoms with Crippen LogP contribution in [0.15, 0.2) is 6.33 Å². The van der Waals surface area contributed by atoms with Gasteiger partial charge in [-0.2, -0.15) is 0 Å². The highest BCUT2D eigenvalue weighted by atomic mass is 16.2. The molecule has 6 heteroatoms. The second-order valence-electron chi connectivity index (χ2n) is 4.28. The largest absolute Gasteiger partial charge is 0.373 e. The Kier molecular flexibility index (Phi) is 3.96. The van der Waals surface area contributed by atoms with E-state index in [9.17, 15) is 4.79 Å². The van der Waals surface area contributed by atoms with Crippen LogP contribution in [0.2, 0.25) is 0 Å². The van der Waals surface area contributed by atoms with Crippen LogP contribution >= 0.6 is 0 Å².